The second-order valence-corrected chi connectivity index (χ2v) is 8.32. The van der Waals surface area contributed by atoms with E-state index in [2.05, 4.69) is 10.00 Å². The molecule has 5 nitrogen and oxygen atoms in total. The fourth-order valence-electron chi connectivity index (χ4n) is 2.63. The topological polar surface area (TPSA) is 41.4 Å². The molecule has 0 saturated heterocycles. The minimum Gasteiger partial charge on any atom is -0.284 e. The quantitative estimate of drug-likeness (QED) is 0.653. The van der Waals surface area contributed by atoms with Crippen molar-refractivity contribution < 1.29 is 4.79 Å². The minimum absolute atomic E-state index is 0.118. The van der Waals surface area contributed by atoms with Crippen LogP contribution in [0.4, 0.5) is 5.13 Å². The van der Waals surface area contributed by atoms with E-state index in [0.29, 0.717) is 23.1 Å². The Bertz CT molecular complexity index is 798. The highest BCUT2D eigenvalue weighted by atomic mass is 35.5. The van der Waals surface area contributed by atoms with Gasteiger partial charge >= 0.3 is 0 Å². The Morgan fingerprint density at radius 1 is 1.40 bits per heavy atom. The molecule has 0 N–H and O–H groups in total. The Morgan fingerprint density at radius 2 is 2.08 bits per heavy atom. The van der Waals surface area contributed by atoms with Gasteiger partial charge in [-0.3, -0.25) is 14.6 Å². The van der Waals surface area contributed by atoms with Crippen molar-refractivity contribution in [3.8, 4) is 0 Å². The monoisotopic (exact) mass is 396 g/mol. The van der Waals surface area contributed by atoms with E-state index in [9.17, 15) is 4.79 Å². The summed E-state index contributed by atoms with van der Waals surface area (Å²) in [6, 6.07) is 8.11. The molecule has 1 fully saturated rings. The van der Waals surface area contributed by atoms with Crippen LogP contribution in [0.3, 0.4) is 0 Å². The summed E-state index contributed by atoms with van der Waals surface area (Å²) in [6.45, 7) is 3.23. The van der Waals surface area contributed by atoms with Crippen LogP contribution in [0.1, 0.15) is 31.7 Å². The third-order valence-electron chi connectivity index (χ3n) is 4.03. The van der Waals surface area contributed by atoms with Gasteiger partial charge in [-0.2, -0.15) is 0 Å². The van der Waals surface area contributed by atoms with E-state index in [1.54, 1.807) is 4.68 Å². The maximum absolute atomic E-state index is 12.2. The molecule has 3 rings (SSSR count). The van der Waals surface area contributed by atoms with E-state index >= 15 is 0 Å². The zero-order valence-electron chi connectivity index (χ0n) is 14.3. The number of amides is 1. The van der Waals surface area contributed by atoms with Gasteiger partial charge in [0.05, 0.1) is 6.67 Å². The van der Waals surface area contributed by atoms with Crippen LogP contribution < -0.4 is 4.90 Å². The van der Waals surface area contributed by atoms with Crippen molar-refractivity contribution in [1.29, 1.82) is 0 Å². The van der Waals surface area contributed by atoms with Crippen molar-refractivity contribution in [3.05, 3.63) is 38.8 Å². The molecular formula is C17H21ClN4OS2. The number of hydrogen-bond donors (Lipinski definition) is 0. The molecule has 2 aromatic rings. The molecular weight excluding hydrogens is 376 g/mol. The predicted octanol–water partition coefficient (Wildman–Crippen LogP) is 4.32. The molecule has 134 valence electrons. The normalized spacial score (nSPS) is 14.1. The van der Waals surface area contributed by atoms with E-state index in [4.69, 9.17) is 23.8 Å². The lowest BCUT2D eigenvalue weighted by molar-refractivity contribution is -0.118. The molecule has 25 heavy (non-hydrogen) atoms. The molecule has 0 unspecified atom stereocenters. The lowest BCUT2D eigenvalue weighted by Gasteiger charge is -2.19. The van der Waals surface area contributed by atoms with Gasteiger partial charge in [-0.05, 0) is 49.8 Å². The lowest BCUT2D eigenvalue weighted by Crippen LogP contribution is -2.32. The van der Waals surface area contributed by atoms with Crippen LogP contribution >= 0.6 is 35.2 Å². The zero-order valence-corrected chi connectivity index (χ0v) is 16.7. The van der Waals surface area contributed by atoms with Gasteiger partial charge in [0.15, 0.2) is 3.95 Å². The summed E-state index contributed by atoms with van der Waals surface area (Å²) < 4.78 is 2.48. The molecule has 1 aromatic carbocycles. The summed E-state index contributed by atoms with van der Waals surface area (Å²) in [5.41, 5.74) is 1.18. The molecule has 1 aromatic heterocycles. The first kappa shape index (κ1) is 18.5. The highest BCUT2D eigenvalue weighted by molar-refractivity contribution is 7.73. The fourth-order valence-corrected chi connectivity index (χ4v) is 3.93. The number of carbonyl (C=O) groups excluding carboxylic acids is 1. The highest BCUT2D eigenvalue weighted by Gasteiger charge is 2.35. The van der Waals surface area contributed by atoms with Gasteiger partial charge in [0, 0.05) is 24.0 Å². The number of halogens is 1. The molecule has 0 bridgehead atoms. The first-order valence-electron chi connectivity index (χ1n) is 8.31. The Labute approximate surface area is 161 Å². The minimum atomic E-state index is 0.118. The van der Waals surface area contributed by atoms with Crippen LogP contribution in [-0.4, -0.2) is 33.7 Å². The Balaban J connectivity index is 1.70. The SMILES string of the molecule is CCC(=O)N(c1nn(CN(C)Cc2ccc(Cl)cc2)c(=S)s1)C1CC1. The maximum atomic E-state index is 12.2. The number of rotatable bonds is 7. The van der Waals surface area contributed by atoms with E-state index in [0.717, 1.165) is 29.5 Å². The molecule has 1 saturated carbocycles. The summed E-state index contributed by atoms with van der Waals surface area (Å²) in [5.74, 6) is 0.118. The first-order valence-corrected chi connectivity index (χ1v) is 9.91. The average Bonchev–Trinajstić information content (AvgIpc) is 3.34. The molecule has 0 radical (unpaired) electrons. The van der Waals surface area contributed by atoms with Crippen molar-refractivity contribution >= 4 is 46.2 Å². The highest BCUT2D eigenvalue weighted by Crippen LogP contribution is 2.33. The second-order valence-electron chi connectivity index (χ2n) is 6.28. The van der Waals surface area contributed by atoms with E-state index in [1.807, 2.05) is 43.1 Å². The van der Waals surface area contributed by atoms with Gasteiger partial charge in [-0.15, -0.1) is 5.10 Å². The fraction of sp³-hybridized carbons (Fsp3) is 0.471. The van der Waals surface area contributed by atoms with Gasteiger partial charge in [-0.25, -0.2) is 4.68 Å². The van der Waals surface area contributed by atoms with Crippen LogP contribution in [0, 0.1) is 3.95 Å². The number of carbonyl (C=O) groups is 1. The molecule has 1 amide bonds. The molecule has 0 aliphatic heterocycles. The van der Waals surface area contributed by atoms with Gasteiger partial charge < -0.3 is 0 Å². The lowest BCUT2D eigenvalue weighted by atomic mass is 10.2. The summed E-state index contributed by atoms with van der Waals surface area (Å²) >= 11 is 12.8. The van der Waals surface area contributed by atoms with Gasteiger partial charge in [0.25, 0.3) is 0 Å². The largest absolute Gasteiger partial charge is 0.284 e. The van der Waals surface area contributed by atoms with Crippen molar-refractivity contribution in [2.24, 2.45) is 0 Å². The summed E-state index contributed by atoms with van der Waals surface area (Å²) in [6.07, 6.45) is 2.59. The van der Waals surface area contributed by atoms with Gasteiger partial charge in [-0.1, -0.05) is 42.0 Å². The van der Waals surface area contributed by atoms with E-state index in [-0.39, 0.29) is 5.91 Å². The number of anilines is 1. The van der Waals surface area contributed by atoms with Crippen molar-refractivity contribution in [3.63, 3.8) is 0 Å². The number of nitrogens with zero attached hydrogens (tertiary/aromatic N) is 4. The molecule has 0 spiro atoms. The van der Waals surface area contributed by atoms with Crippen LogP contribution in [0.15, 0.2) is 24.3 Å². The molecule has 8 heteroatoms. The van der Waals surface area contributed by atoms with Crippen LogP contribution in [0.2, 0.25) is 5.02 Å². The van der Waals surface area contributed by atoms with Crippen LogP contribution in [-0.2, 0) is 18.0 Å². The van der Waals surface area contributed by atoms with Gasteiger partial charge in [0.2, 0.25) is 11.0 Å². The van der Waals surface area contributed by atoms with Crippen molar-refractivity contribution in [1.82, 2.24) is 14.7 Å². The smallest absolute Gasteiger partial charge is 0.228 e. The predicted molar refractivity (Wildman–Crippen MR) is 105 cm³/mol. The third-order valence-corrected chi connectivity index (χ3v) is 5.58. The Hall–Kier alpha value is -1.28. The molecule has 0 atom stereocenters. The number of hydrogen-bond acceptors (Lipinski definition) is 5. The van der Waals surface area contributed by atoms with Crippen molar-refractivity contribution in [2.45, 2.75) is 45.4 Å². The molecule has 1 aliphatic carbocycles. The first-order chi connectivity index (χ1) is 12.0. The van der Waals surface area contributed by atoms with E-state index < -0.39 is 0 Å². The number of benzene rings is 1. The summed E-state index contributed by atoms with van der Waals surface area (Å²) in [5, 5.41) is 6.07. The molecule has 1 heterocycles. The Morgan fingerprint density at radius 3 is 2.68 bits per heavy atom. The Kier molecular flexibility index (Phi) is 5.89. The summed E-state index contributed by atoms with van der Waals surface area (Å²) in [4.78, 5) is 16.2. The molecule has 1 aliphatic rings. The summed E-state index contributed by atoms with van der Waals surface area (Å²) in [7, 11) is 2.02. The standard InChI is InChI=1S/C17H21ClN4OS2/c1-3-15(23)22(14-8-9-14)16-19-21(17(24)25-16)11-20(2)10-12-4-6-13(18)7-5-12/h4-7,14H,3,8-11H2,1-2H3. The zero-order chi connectivity index (χ0) is 18.0. The van der Waals surface area contributed by atoms with Crippen molar-refractivity contribution in [2.75, 3.05) is 11.9 Å². The third kappa shape index (κ3) is 4.67. The van der Waals surface area contributed by atoms with Gasteiger partial charge in [0.1, 0.15) is 0 Å². The maximum Gasteiger partial charge on any atom is 0.228 e. The average molecular weight is 397 g/mol. The van der Waals surface area contributed by atoms with E-state index in [1.165, 1.54) is 16.9 Å². The van der Waals surface area contributed by atoms with Crippen LogP contribution in [0.25, 0.3) is 0 Å². The second kappa shape index (κ2) is 7.95. The number of aromatic nitrogens is 2. The van der Waals surface area contributed by atoms with Crippen LogP contribution in [0.5, 0.6) is 0 Å².